The number of ether oxygens (including phenoxy) is 1. The van der Waals surface area contributed by atoms with E-state index in [4.69, 9.17) is 4.74 Å². The average molecular weight is 335 g/mol. The molecule has 0 aliphatic heterocycles. The monoisotopic (exact) mass is 335 g/mol. The molecule has 3 rings (SSSR count). The van der Waals surface area contributed by atoms with Gasteiger partial charge in [0.05, 0.1) is 12.8 Å². The number of hydrogen-bond donors (Lipinski definition) is 1. The Morgan fingerprint density at radius 3 is 2.48 bits per heavy atom. The molecule has 0 atom stereocenters. The lowest BCUT2D eigenvalue weighted by Gasteiger charge is -2.20. The highest BCUT2D eigenvalue weighted by Crippen LogP contribution is 2.21. The number of aromatic nitrogens is 2. The molecule has 0 spiro atoms. The molecule has 3 aromatic rings. The van der Waals surface area contributed by atoms with Gasteiger partial charge in [0.15, 0.2) is 0 Å². The summed E-state index contributed by atoms with van der Waals surface area (Å²) < 4.78 is 5.16. The van der Waals surface area contributed by atoms with Gasteiger partial charge >= 0.3 is 0 Å². The maximum absolute atomic E-state index is 12.8. The summed E-state index contributed by atoms with van der Waals surface area (Å²) in [6.07, 6.45) is 0. The average Bonchev–Trinajstić information content (AvgIpc) is 3.16. The van der Waals surface area contributed by atoms with Crippen molar-refractivity contribution < 1.29 is 9.53 Å². The molecule has 1 aromatic heterocycles. The number of nitrogens with zero attached hydrogens (tertiary/aromatic N) is 2. The van der Waals surface area contributed by atoms with Crippen LogP contribution in [0.2, 0.25) is 0 Å². The summed E-state index contributed by atoms with van der Waals surface area (Å²) in [6, 6.07) is 19.3. The van der Waals surface area contributed by atoms with E-state index in [1.807, 2.05) is 61.5 Å². The highest BCUT2D eigenvalue weighted by atomic mass is 16.5. The van der Waals surface area contributed by atoms with Crippen molar-refractivity contribution in [3.63, 3.8) is 0 Å². The van der Waals surface area contributed by atoms with Gasteiger partial charge in [-0.15, -0.1) is 0 Å². The van der Waals surface area contributed by atoms with Gasteiger partial charge in [0, 0.05) is 18.7 Å². The minimum atomic E-state index is -0.0568. The van der Waals surface area contributed by atoms with E-state index in [2.05, 4.69) is 10.2 Å². The molecular weight excluding hydrogens is 314 g/mol. The molecule has 0 saturated heterocycles. The maximum atomic E-state index is 12.8. The molecule has 1 heterocycles. The Morgan fingerprint density at radius 1 is 1.12 bits per heavy atom. The highest BCUT2D eigenvalue weighted by molar-refractivity contribution is 5.93. The van der Waals surface area contributed by atoms with Crippen molar-refractivity contribution >= 4 is 5.91 Å². The number of aromatic amines is 1. The number of rotatable bonds is 6. The van der Waals surface area contributed by atoms with Crippen molar-refractivity contribution in [3.8, 4) is 17.0 Å². The van der Waals surface area contributed by atoms with Gasteiger partial charge in [0.25, 0.3) is 5.91 Å². The second kappa shape index (κ2) is 7.66. The molecule has 0 bridgehead atoms. The summed E-state index contributed by atoms with van der Waals surface area (Å²) in [6.45, 7) is 3.18. The molecule has 2 aromatic carbocycles. The molecule has 0 fully saturated rings. The number of methoxy groups -OCH3 is 1. The number of amides is 1. The Kier molecular flexibility index (Phi) is 5.14. The first-order valence-corrected chi connectivity index (χ1v) is 8.24. The third-order valence-electron chi connectivity index (χ3n) is 4.08. The van der Waals surface area contributed by atoms with Crippen LogP contribution in [0.5, 0.6) is 5.75 Å². The Labute approximate surface area is 147 Å². The van der Waals surface area contributed by atoms with E-state index in [0.29, 0.717) is 18.8 Å². The van der Waals surface area contributed by atoms with Crippen molar-refractivity contribution in [2.75, 3.05) is 13.7 Å². The third kappa shape index (κ3) is 3.88. The Hall–Kier alpha value is -3.08. The Balaban J connectivity index is 1.76. The zero-order chi connectivity index (χ0) is 17.6. The summed E-state index contributed by atoms with van der Waals surface area (Å²) in [5.41, 5.74) is 3.26. The predicted molar refractivity (Wildman–Crippen MR) is 97.4 cm³/mol. The fourth-order valence-corrected chi connectivity index (χ4v) is 2.64. The number of carbonyl (C=O) groups excluding carboxylic acids is 1. The fraction of sp³-hybridized carbons (Fsp3) is 0.200. The van der Waals surface area contributed by atoms with E-state index < -0.39 is 0 Å². The normalized spacial score (nSPS) is 10.5. The molecule has 0 unspecified atom stereocenters. The second-order valence-electron chi connectivity index (χ2n) is 5.70. The summed E-state index contributed by atoms with van der Waals surface area (Å²) in [7, 11) is 1.63. The molecule has 1 amide bonds. The van der Waals surface area contributed by atoms with Gasteiger partial charge in [-0.25, -0.2) is 0 Å². The first-order chi connectivity index (χ1) is 12.2. The SMILES string of the molecule is CCN(Cc1ccccc1)C(=O)c1cc(-c2ccc(OC)cc2)n[nH]1. The third-order valence-corrected chi connectivity index (χ3v) is 4.08. The van der Waals surface area contributed by atoms with Crippen LogP contribution < -0.4 is 4.74 Å². The van der Waals surface area contributed by atoms with Crippen molar-refractivity contribution in [3.05, 3.63) is 71.9 Å². The van der Waals surface area contributed by atoms with Gasteiger partial charge in [0.2, 0.25) is 0 Å². The molecular formula is C20H21N3O2. The van der Waals surface area contributed by atoms with Crippen molar-refractivity contribution in [1.82, 2.24) is 15.1 Å². The minimum Gasteiger partial charge on any atom is -0.497 e. The minimum absolute atomic E-state index is 0.0568. The number of benzene rings is 2. The van der Waals surface area contributed by atoms with Gasteiger partial charge in [-0.1, -0.05) is 30.3 Å². The molecule has 128 valence electrons. The van der Waals surface area contributed by atoms with Crippen LogP contribution in [-0.4, -0.2) is 34.7 Å². The van der Waals surface area contributed by atoms with E-state index in [-0.39, 0.29) is 5.91 Å². The van der Waals surface area contributed by atoms with Crippen LogP contribution >= 0.6 is 0 Å². The number of carbonyl (C=O) groups is 1. The summed E-state index contributed by atoms with van der Waals surface area (Å²) >= 11 is 0. The standard InChI is InChI=1S/C20H21N3O2/c1-3-23(14-15-7-5-4-6-8-15)20(24)19-13-18(21-22-19)16-9-11-17(25-2)12-10-16/h4-13H,3,14H2,1-2H3,(H,21,22). The Bertz CT molecular complexity index is 826. The van der Waals surface area contributed by atoms with Gasteiger partial charge in [-0.2, -0.15) is 5.10 Å². The second-order valence-corrected chi connectivity index (χ2v) is 5.70. The molecule has 5 nitrogen and oxygen atoms in total. The molecule has 0 aliphatic rings. The van der Waals surface area contributed by atoms with Gasteiger partial charge < -0.3 is 9.64 Å². The zero-order valence-electron chi connectivity index (χ0n) is 14.4. The molecule has 25 heavy (non-hydrogen) atoms. The Morgan fingerprint density at radius 2 is 1.84 bits per heavy atom. The number of nitrogens with one attached hydrogen (secondary N) is 1. The zero-order valence-corrected chi connectivity index (χ0v) is 14.4. The van der Waals surface area contributed by atoms with Crippen LogP contribution in [0.15, 0.2) is 60.7 Å². The number of hydrogen-bond acceptors (Lipinski definition) is 3. The number of H-pyrrole nitrogens is 1. The van der Waals surface area contributed by atoms with Crippen LogP contribution in [0.4, 0.5) is 0 Å². The van der Waals surface area contributed by atoms with Crippen LogP contribution in [0, 0.1) is 0 Å². The van der Waals surface area contributed by atoms with Gasteiger partial charge in [-0.3, -0.25) is 9.89 Å². The molecule has 1 N–H and O–H groups in total. The highest BCUT2D eigenvalue weighted by Gasteiger charge is 2.17. The lowest BCUT2D eigenvalue weighted by atomic mass is 10.1. The van der Waals surface area contributed by atoms with E-state index >= 15 is 0 Å². The van der Waals surface area contributed by atoms with E-state index in [1.165, 1.54) is 0 Å². The van der Waals surface area contributed by atoms with Gasteiger partial charge in [-0.05, 0) is 42.8 Å². The molecule has 0 radical (unpaired) electrons. The summed E-state index contributed by atoms with van der Waals surface area (Å²) in [5.74, 6) is 0.731. The van der Waals surface area contributed by atoms with Gasteiger partial charge in [0.1, 0.15) is 11.4 Å². The van der Waals surface area contributed by atoms with E-state index in [9.17, 15) is 4.79 Å². The predicted octanol–water partition coefficient (Wildman–Crippen LogP) is 3.75. The molecule has 5 heteroatoms. The largest absolute Gasteiger partial charge is 0.497 e. The lowest BCUT2D eigenvalue weighted by Crippen LogP contribution is -2.30. The lowest BCUT2D eigenvalue weighted by molar-refractivity contribution is 0.0746. The smallest absolute Gasteiger partial charge is 0.272 e. The first kappa shape index (κ1) is 16.8. The first-order valence-electron chi connectivity index (χ1n) is 8.24. The van der Waals surface area contributed by atoms with Crippen molar-refractivity contribution in [2.45, 2.75) is 13.5 Å². The summed E-state index contributed by atoms with van der Waals surface area (Å²) in [4.78, 5) is 14.6. The topological polar surface area (TPSA) is 58.2 Å². The fourth-order valence-electron chi connectivity index (χ4n) is 2.64. The van der Waals surface area contributed by atoms with Crippen molar-refractivity contribution in [2.24, 2.45) is 0 Å². The summed E-state index contributed by atoms with van der Waals surface area (Å²) in [5, 5.41) is 7.13. The van der Waals surface area contributed by atoms with E-state index in [1.54, 1.807) is 18.1 Å². The molecule has 0 aliphatic carbocycles. The van der Waals surface area contributed by atoms with E-state index in [0.717, 1.165) is 22.6 Å². The van der Waals surface area contributed by atoms with Crippen LogP contribution in [0.25, 0.3) is 11.3 Å². The quantitative estimate of drug-likeness (QED) is 0.746. The maximum Gasteiger partial charge on any atom is 0.272 e. The van der Waals surface area contributed by atoms with Crippen LogP contribution in [-0.2, 0) is 6.54 Å². The molecule has 0 saturated carbocycles. The van der Waals surface area contributed by atoms with Crippen LogP contribution in [0.3, 0.4) is 0 Å². The van der Waals surface area contributed by atoms with Crippen LogP contribution in [0.1, 0.15) is 23.0 Å². The van der Waals surface area contributed by atoms with Crippen molar-refractivity contribution in [1.29, 1.82) is 0 Å².